The molecule has 108 valence electrons. The van der Waals surface area contributed by atoms with E-state index in [0.29, 0.717) is 11.6 Å². The van der Waals surface area contributed by atoms with Crippen molar-refractivity contribution in [2.24, 2.45) is 29.4 Å². The molecule has 2 N–H and O–H groups in total. The molecule has 0 aromatic carbocycles. The third-order valence-electron chi connectivity index (χ3n) is 6.71. The largest absolute Gasteiger partial charge is 0.376 e. The van der Waals surface area contributed by atoms with Crippen LogP contribution < -0.4 is 5.73 Å². The van der Waals surface area contributed by atoms with Gasteiger partial charge < -0.3 is 10.5 Å². The van der Waals surface area contributed by atoms with Crippen molar-refractivity contribution in [3.63, 3.8) is 0 Å². The number of nitrogens with zero attached hydrogens (tertiary/aromatic N) is 1. The molecular weight excluding hydrogens is 236 g/mol. The van der Waals surface area contributed by atoms with Gasteiger partial charge >= 0.3 is 0 Å². The molecule has 3 heteroatoms. The summed E-state index contributed by atoms with van der Waals surface area (Å²) in [6, 6.07) is 0. The Labute approximate surface area is 116 Å². The highest BCUT2D eigenvalue weighted by Gasteiger charge is 2.59. The molecule has 0 amide bonds. The topological polar surface area (TPSA) is 38.5 Å². The fraction of sp³-hybridized carbons (Fsp3) is 1.00. The molecule has 3 nitrogen and oxygen atoms in total. The first-order valence-electron chi connectivity index (χ1n) is 8.29. The summed E-state index contributed by atoms with van der Waals surface area (Å²) < 4.78 is 5.76. The van der Waals surface area contributed by atoms with E-state index in [0.717, 1.165) is 49.9 Å². The van der Waals surface area contributed by atoms with E-state index in [2.05, 4.69) is 11.8 Å². The van der Waals surface area contributed by atoms with Crippen LogP contribution >= 0.6 is 0 Å². The highest BCUT2D eigenvalue weighted by molar-refractivity contribution is 5.13. The van der Waals surface area contributed by atoms with Crippen LogP contribution in [0.5, 0.6) is 0 Å². The third-order valence-corrected chi connectivity index (χ3v) is 6.71. The van der Waals surface area contributed by atoms with Gasteiger partial charge in [-0.05, 0) is 62.7 Å². The summed E-state index contributed by atoms with van der Waals surface area (Å²) in [5, 5.41) is 0. The Morgan fingerprint density at radius 1 is 1.11 bits per heavy atom. The predicted molar refractivity (Wildman–Crippen MR) is 75.8 cm³/mol. The maximum atomic E-state index is 6.38. The minimum Gasteiger partial charge on any atom is -0.376 e. The molecule has 19 heavy (non-hydrogen) atoms. The second kappa shape index (κ2) is 4.44. The van der Waals surface area contributed by atoms with Crippen molar-refractivity contribution < 1.29 is 4.74 Å². The summed E-state index contributed by atoms with van der Waals surface area (Å²) in [5.74, 6) is 3.80. The molecule has 5 fully saturated rings. The van der Waals surface area contributed by atoms with E-state index >= 15 is 0 Å². The Kier molecular flexibility index (Phi) is 2.95. The second-order valence-corrected chi connectivity index (χ2v) is 7.63. The van der Waals surface area contributed by atoms with Crippen molar-refractivity contribution in [1.29, 1.82) is 0 Å². The molecule has 4 aliphatic carbocycles. The maximum Gasteiger partial charge on any atom is 0.0674 e. The van der Waals surface area contributed by atoms with Crippen LogP contribution in [-0.4, -0.2) is 42.8 Å². The first-order chi connectivity index (χ1) is 9.22. The summed E-state index contributed by atoms with van der Waals surface area (Å²) in [5.41, 5.74) is 6.71. The van der Waals surface area contributed by atoms with Gasteiger partial charge in [0.05, 0.1) is 12.7 Å². The average Bonchev–Trinajstić information content (AvgIpc) is 2.38. The molecule has 1 atom stereocenters. The lowest BCUT2D eigenvalue weighted by atomic mass is 9.48. The lowest BCUT2D eigenvalue weighted by molar-refractivity contribution is -0.162. The first-order valence-corrected chi connectivity index (χ1v) is 8.29. The molecule has 5 aliphatic rings. The fourth-order valence-corrected chi connectivity index (χ4v) is 6.18. The van der Waals surface area contributed by atoms with Crippen molar-refractivity contribution in [1.82, 2.24) is 4.90 Å². The van der Waals surface area contributed by atoms with E-state index in [1.807, 2.05) is 0 Å². The molecule has 0 aromatic rings. The molecule has 4 saturated carbocycles. The Morgan fingerprint density at radius 2 is 1.74 bits per heavy atom. The number of ether oxygens (including phenoxy) is 1. The molecule has 1 unspecified atom stereocenters. The molecule has 5 rings (SSSR count). The number of hydrogen-bond donors (Lipinski definition) is 1. The fourth-order valence-electron chi connectivity index (χ4n) is 6.18. The Hall–Kier alpha value is -0.120. The number of nitrogens with two attached hydrogens (primary N) is 1. The SMILES string of the molecule is CC1CN(C2(CN)C3CC4CC(C3)CC2C4)CCO1. The summed E-state index contributed by atoms with van der Waals surface area (Å²) >= 11 is 0. The van der Waals surface area contributed by atoms with Crippen molar-refractivity contribution in [2.45, 2.75) is 50.7 Å². The van der Waals surface area contributed by atoms with Crippen LogP contribution in [0, 0.1) is 23.7 Å². The molecular formula is C16H28N2O. The van der Waals surface area contributed by atoms with Crippen LogP contribution in [-0.2, 0) is 4.74 Å². The van der Waals surface area contributed by atoms with E-state index in [4.69, 9.17) is 10.5 Å². The molecule has 1 heterocycles. The number of hydrogen-bond acceptors (Lipinski definition) is 3. The first kappa shape index (κ1) is 12.6. The van der Waals surface area contributed by atoms with Gasteiger partial charge in [0.1, 0.15) is 0 Å². The van der Waals surface area contributed by atoms with Gasteiger partial charge in [0.2, 0.25) is 0 Å². The van der Waals surface area contributed by atoms with Gasteiger partial charge in [-0.2, -0.15) is 0 Å². The van der Waals surface area contributed by atoms with Crippen molar-refractivity contribution in [3.8, 4) is 0 Å². The molecule has 4 bridgehead atoms. The average molecular weight is 264 g/mol. The maximum absolute atomic E-state index is 6.38. The predicted octanol–water partition coefficient (Wildman–Crippen LogP) is 1.86. The van der Waals surface area contributed by atoms with Crippen LogP contribution in [0.15, 0.2) is 0 Å². The van der Waals surface area contributed by atoms with E-state index in [-0.39, 0.29) is 0 Å². The van der Waals surface area contributed by atoms with Crippen LogP contribution in [0.3, 0.4) is 0 Å². The van der Waals surface area contributed by atoms with Crippen LogP contribution in [0.1, 0.15) is 39.0 Å². The third kappa shape index (κ3) is 1.74. The highest BCUT2D eigenvalue weighted by atomic mass is 16.5. The Balaban J connectivity index is 1.65. The zero-order chi connectivity index (χ0) is 13.0. The van der Waals surface area contributed by atoms with Gasteiger partial charge in [-0.15, -0.1) is 0 Å². The molecule has 0 spiro atoms. The second-order valence-electron chi connectivity index (χ2n) is 7.63. The summed E-state index contributed by atoms with van der Waals surface area (Å²) in [6.45, 7) is 6.18. The zero-order valence-corrected chi connectivity index (χ0v) is 12.2. The zero-order valence-electron chi connectivity index (χ0n) is 12.2. The van der Waals surface area contributed by atoms with Gasteiger partial charge in [-0.3, -0.25) is 4.90 Å². The molecule has 0 aromatic heterocycles. The van der Waals surface area contributed by atoms with Crippen molar-refractivity contribution >= 4 is 0 Å². The Morgan fingerprint density at radius 3 is 2.26 bits per heavy atom. The van der Waals surface area contributed by atoms with Gasteiger partial charge in [-0.1, -0.05) is 0 Å². The highest BCUT2D eigenvalue weighted by Crippen LogP contribution is 2.60. The van der Waals surface area contributed by atoms with Crippen LogP contribution in [0.2, 0.25) is 0 Å². The summed E-state index contributed by atoms with van der Waals surface area (Å²) in [7, 11) is 0. The van der Waals surface area contributed by atoms with Crippen molar-refractivity contribution in [2.75, 3.05) is 26.2 Å². The van der Waals surface area contributed by atoms with Crippen molar-refractivity contribution in [3.05, 3.63) is 0 Å². The minimum atomic E-state index is 0.325. The van der Waals surface area contributed by atoms with Crippen LogP contribution in [0.25, 0.3) is 0 Å². The summed E-state index contributed by atoms with van der Waals surface area (Å²) in [4.78, 5) is 2.74. The van der Waals surface area contributed by atoms with E-state index in [9.17, 15) is 0 Å². The van der Waals surface area contributed by atoms with Gasteiger partial charge in [0.15, 0.2) is 0 Å². The number of morpholine rings is 1. The normalized spacial score (nSPS) is 53.7. The standard InChI is InChI=1S/C16H28N2O/c1-11-9-18(2-3-19-11)16(10-17)14-5-12-4-13(7-14)8-15(16)6-12/h11-15H,2-10,17H2,1H3. The van der Waals surface area contributed by atoms with Gasteiger partial charge in [-0.25, -0.2) is 0 Å². The quantitative estimate of drug-likeness (QED) is 0.827. The monoisotopic (exact) mass is 264 g/mol. The van der Waals surface area contributed by atoms with E-state index < -0.39 is 0 Å². The molecule has 0 radical (unpaired) electrons. The molecule has 1 saturated heterocycles. The van der Waals surface area contributed by atoms with Crippen LogP contribution in [0.4, 0.5) is 0 Å². The minimum absolute atomic E-state index is 0.325. The lowest BCUT2D eigenvalue weighted by Gasteiger charge is -2.65. The van der Waals surface area contributed by atoms with E-state index in [1.165, 1.54) is 32.1 Å². The van der Waals surface area contributed by atoms with E-state index in [1.54, 1.807) is 0 Å². The lowest BCUT2D eigenvalue weighted by Crippen LogP contribution is -2.71. The summed E-state index contributed by atoms with van der Waals surface area (Å²) in [6.07, 6.45) is 7.72. The Bertz CT molecular complexity index is 329. The number of rotatable bonds is 2. The van der Waals surface area contributed by atoms with Gasteiger partial charge in [0, 0.05) is 25.2 Å². The smallest absolute Gasteiger partial charge is 0.0674 e. The molecule has 1 aliphatic heterocycles. The van der Waals surface area contributed by atoms with Gasteiger partial charge in [0.25, 0.3) is 0 Å².